The number of halogens is 1. The van der Waals surface area contributed by atoms with E-state index in [0.717, 1.165) is 18.4 Å². The predicted octanol–water partition coefficient (Wildman–Crippen LogP) is 3.13. The Labute approximate surface area is 95.4 Å². The minimum Gasteiger partial charge on any atom is -0.343 e. The molecule has 0 spiro atoms. The Morgan fingerprint density at radius 3 is 2.56 bits per heavy atom. The first kappa shape index (κ1) is 11.6. The molecular weight excluding hydrogens is 207 g/mol. The van der Waals surface area contributed by atoms with Gasteiger partial charge in [0, 0.05) is 12.0 Å². The van der Waals surface area contributed by atoms with Gasteiger partial charge in [-0.3, -0.25) is 0 Å². The number of aryl methyl sites for hydroxylation is 1. The third kappa shape index (κ3) is 1.97. The number of hydrogen-bond donors (Lipinski definition) is 0. The van der Waals surface area contributed by atoms with Gasteiger partial charge in [0.05, 0.1) is 13.2 Å². The minimum absolute atomic E-state index is 0.187. The van der Waals surface area contributed by atoms with Crippen molar-refractivity contribution >= 4 is 0 Å². The molecule has 1 aromatic rings. The second-order valence-electron chi connectivity index (χ2n) is 4.16. The fourth-order valence-corrected chi connectivity index (χ4v) is 2.12. The zero-order chi connectivity index (χ0) is 11.6. The van der Waals surface area contributed by atoms with E-state index in [9.17, 15) is 4.39 Å². The van der Waals surface area contributed by atoms with Crippen LogP contribution in [0.3, 0.4) is 0 Å². The van der Waals surface area contributed by atoms with Gasteiger partial charge in [-0.25, -0.2) is 4.39 Å². The number of ether oxygens (including phenoxy) is 2. The van der Waals surface area contributed by atoms with Crippen molar-refractivity contribution in [1.82, 2.24) is 0 Å². The lowest BCUT2D eigenvalue weighted by Gasteiger charge is -2.27. The molecule has 0 atom stereocenters. The second kappa shape index (κ2) is 4.52. The van der Waals surface area contributed by atoms with Crippen molar-refractivity contribution in [3.8, 4) is 0 Å². The van der Waals surface area contributed by atoms with E-state index in [-0.39, 0.29) is 5.82 Å². The van der Waals surface area contributed by atoms with E-state index >= 15 is 0 Å². The summed E-state index contributed by atoms with van der Waals surface area (Å²) in [6.07, 6.45) is 1.77. The Kier molecular flexibility index (Phi) is 3.26. The van der Waals surface area contributed by atoms with Crippen LogP contribution in [0, 0.1) is 12.7 Å². The molecule has 0 bridgehead atoms. The largest absolute Gasteiger partial charge is 0.343 e. The molecule has 0 saturated carbocycles. The van der Waals surface area contributed by atoms with Crippen LogP contribution < -0.4 is 0 Å². The average molecular weight is 224 g/mol. The molecule has 2 nitrogen and oxygen atoms in total. The zero-order valence-electron chi connectivity index (χ0n) is 9.75. The molecule has 1 aliphatic heterocycles. The van der Waals surface area contributed by atoms with Gasteiger partial charge in [0.15, 0.2) is 5.79 Å². The quantitative estimate of drug-likeness (QED) is 0.785. The monoisotopic (exact) mass is 224 g/mol. The molecule has 1 aliphatic rings. The normalized spacial score (nSPS) is 18.9. The lowest BCUT2D eigenvalue weighted by atomic mass is 9.99. The third-order valence-corrected chi connectivity index (χ3v) is 2.93. The van der Waals surface area contributed by atoms with Gasteiger partial charge >= 0.3 is 0 Å². The first-order valence-corrected chi connectivity index (χ1v) is 5.72. The van der Waals surface area contributed by atoms with Crippen LogP contribution in [0.5, 0.6) is 0 Å². The van der Waals surface area contributed by atoms with Crippen LogP contribution in [0.2, 0.25) is 0 Å². The Morgan fingerprint density at radius 1 is 1.31 bits per heavy atom. The van der Waals surface area contributed by atoms with Gasteiger partial charge < -0.3 is 9.47 Å². The van der Waals surface area contributed by atoms with Gasteiger partial charge in [-0.2, -0.15) is 0 Å². The van der Waals surface area contributed by atoms with E-state index in [1.54, 1.807) is 13.0 Å². The van der Waals surface area contributed by atoms with Gasteiger partial charge in [-0.1, -0.05) is 19.4 Å². The summed E-state index contributed by atoms with van der Waals surface area (Å²) in [4.78, 5) is 0. The molecule has 88 valence electrons. The van der Waals surface area contributed by atoms with Crippen molar-refractivity contribution < 1.29 is 13.9 Å². The van der Waals surface area contributed by atoms with Crippen molar-refractivity contribution in [3.05, 3.63) is 35.1 Å². The van der Waals surface area contributed by atoms with Crippen LogP contribution in [0.25, 0.3) is 0 Å². The first-order valence-electron chi connectivity index (χ1n) is 5.72. The lowest BCUT2D eigenvalue weighted by Crippen LogP contribution is -2.27. The van der Waals surface area contributed by atoms with Gasteiger partial charge in [0.1, 0.15) is 5.82 Å². The Balaban J connectivity index is 2.35. The summed E-state index contributed by atoms with van der Waals surface area (Å²) in [5, 5.41) is 0. The standard InChI is InChI=1S/C13H17FO2/c1-3-6-13(15-7-8-16-13)11-4-5-12(14)10(2)9-11/h4-5,9H,3,6-8H2,1-2H3. The molecule has 1 saturated heterocycles. The van der Waals surface area contributed by atoms with E-state index in [2.05, 4.69) is 6.92 Å². The molecule has 0 radical (unpaired) electrons. The van der Waals surface area contributed by atoms with Crippen molar-refractivity contribution in [3.63, 3.8) is 0 Å². The summed E-state index contributed by atoms with van der Waals surface area (Å²) in [5.41, 5.74) is 1.55. The van der Waals surface area contributed by atoms with Crippen molar-refractivity contribution in [2.24, 2.45) is 0 Å². The molecule has 3 heteroatoms. The van der Waals surface area contributed by atoms with E-state index in [1.165, 1.54) is 6.07 Å². The van der Waals surface area contributed by atoms with Gasteiger partial charge in [-0.15, -0.1) is 0 Å². The van der Waals surface area contributed by atoms with Crippen molar-refractivity contribution in [2.75, 3.05) is 13.2 Å². The zero-order valence-corrected chi connectivity index (χ0v) is 9.75. The summed E-state index contributed by atoms with van der Waals surface area (Å²) in [5.74, 6) is -0.832. The van der Waals surface area contributed by atoms with E-state index in [4.69, 9.17) is 9.47 Å². The Bertz CT molecular complexity index is 370. The highest BCUT2D eigenvalue weighted by molar-refractivity contribution is 5.27. The second-order valence-corrected chi connectivity index (χ2v) is 4.16. The van der Waals surface area contributed by atoms with Crippen LogP contribution in [-0.4, -0.2) is 13.2 Å². The molecular formula is C13H17FO2. The van der Waals surface area contributed by atoms with Crippen molar-refractivity contribution in [2.45, 2.75) is 32.5 Å². The average Bonchev–Trinajstić information content (AvgIpc) is 2.72. The van der Waals surface area contributed by atoms with Gasteiger partial charge in [0.25, 0.3) is 0 Å². The molecule has 0 aliphatic carbocycles. The third-order valence-electron chi connectivity index (χ3n) is 2.93. The maximum atomic E-state index is 13.2. The molecule has 0 aromatic heterocycles. The summed E-state index contributed by atoms with van der Waals surface area (Å²) in [6.45, 7) is 5.06. The van der Waals surface area contributed by atoms with E-state index in [1.807, 2.05) is 6.07 Å². The van der Waals surface area contributed by atoms with Gasteiger partial charge in [-0.05, 0) is 24.6 Å². The fourth-order valence-electron chi connectivity index (χ4n) is 2.12. The highest BCUT2D eigenvalue weighted by Gasteiger charge is 2.37. The highest BCUT2D eigenvalue weighted by Crippen LogP contribution is 2.36. The minimum atomic E-state index is -0.646. The molecule has 0 amide bonds. The van der Waals surface area contributed by atoms with Crippen LogP contribution in [0.1, 0.15) is 30.9 Å². The van der Waals surface area contributed by atoms with E-state index < -0.39 is 5.79 Å². The van der Waals surface area contributed by atoms with Gasteiger partial charge in [0.2, 0.25) is 0 Å². The van der Waals surface area contributed by atoms with Crippen molar-refractivity contribution in [1.29, 1.82) is 0 Å². The molecule has 0 N–H and O–H groups in total. The van der Waals surface area contributed by atoms with E-state index in [0.29, 0.717) is 18.8 Å². The van der Waals surface area contributed by atoms with Crippen LogP contribution >= 0.6 is 0 Å². The maximum absolute atomic E-state index is 13.2. The highest BCUT2D eigenvalue weighted by atomic mass is 19.1. The smallest absolute Gasteiger partial charge is 0.194 e. The predicted molar refractivity (Wildman–Crippen MR) is 59.6 cm³/mol. The summed E-state index contributed by atoms with van der Waals surface area (Å²) in [7, 11) is 0. The first-order chi connectivity index (χ1) is 7.68. The summed E-state index contributed by atoms with van der Waals surface area (Å²) < 4.78 is 24.6. The fraction of sp³-hybridized carbons (Fsp3) is 0.538. The molecule has 16 heavy (non-hydrogen) atoms. The topological polar surface area (TPSA) is 18.5 Å². The SMILES string of the molecule is CCCC1(c2ccc(F)c(C)c2)OCCO1. The number of hydrogen-bond acceptors (Lipinski definition) is 2. The number of rotatable bonds is 3. The van der Waals surface area contributed by atoms with Crippen LogP contribution in [0.15, 0.2) is 18.2 Å². The molecule has 0 unspecified atom stereocenters. The lowest BCUT2D eigenvalue weighted by molar-refractivity contribution is -0.171. The Morgan fingerprint density at radius 2 is 2.00 bits per heavy atom. The van der Waals surface area contributed by atoms with Crippen LogP contribution in [-0.2, 0) is 15.3 Å². The molecule has 1 aromatic carbocycles. The Hall–Kier alpha value is -0.930. The molecule has 1 heterocycles. The molecule has 1 fully saturated rings. The summed E-state index contributed by atoms with van der Waals surface area (Å²) in [6, 6.07) is 5.05. The summed E-state index contributed by atoms with van der Waals surface area (Å²) >= 11 is 0. The number of benzene rings is 1. The van der Waals surface area contributed by atoms with Crippen LogP contribution in [0.4, 0.5) is 4.39 Å². The maximum Gasteiger partial charge on any atom is 0.194 e. The molecule has 2 rings (SSSR count).